The molecular weight excluding hydrogens is 270 g/mol. The fourth-order valence-corrected chi connectivity index (χ4v) is 2.06. The number of anilines is 1. The van der Waals surface area contributed by atoms with Gasteiger partial charge in [0, 0.05) is 6.07 Å². The van der Waals surface area contributed by atoms with Crippen molar-refractivity contribution in [1.82, 2.24) is 0 Å². The zero-order valence-corrected chi connectivity index (χ0v) is 12.1. The van der Waals surface area contributed by atoms with Crippen LogP contribution in [0.1, 0.15) is 43.2 Å². The first-order valence-corrected chi connectivity index (χ1v) is 7.13. The standard InChI is InChI=1S/C16H19NO4/c1-2-3-4-5-9-20-16(19)14-10-13(18)11-7-6-8-12(17)15(11)21-14/h6-8,10H,2-5,9,17H2,1H3. The first-order chi connectivity index (χ1) is 10.1. The Labute approximate surface area is 122 Å². The van der Waals surface area contributed by atoms with Crippen molar-refractivity contribution in [3.05, 3.63) is 40.2 Å². The Balaban J connectivity index is 2.13. The molecule has 2 N–H and O–H groups in total. The van der Waals surface area contributed by atoms with E-state index in [-0.39, 0.29) is 16.8 Å². The Hall–Kier alpha value is -2.30. The van der Waals surface area contributed by atoms with E-state index in [0.717, 1.165) is 31.7 Å². The molecule has 5 heteroatoms. The second-order valence-electron chi connectivity index (χ2n) is 4.90. The fraction of sp³-hybridized carbons (Fsp3) is 0.375. The molecule has 0 saturated heterocycles. The predicted molar refractivity (Wildman–Crippen MR) is 81.3 cm³/mol. The highest BCUT2D eigenvalue weighted by molar-refractivity contribution is 5.92. The molecule has 2 rings (SSSR count). The van der Waals surface area contributed by atoms with Crippen LogP contribution >= 0.6 is 0 Å². The van der Waals surface area contributed by atoms with Crippen LogP contribution in [-0.2, 0) is 4.74 Å². The van der Waals surface area contributed by atoms with E-state index in [0.29, 0.717) is 17.7 Å². The molecule has 0 bridgehead atoms. The number of fused-ring (bicyclic) bond motifs is 1. The highest BCUT2D eigenvalue weighted by Crippen LogP contribution is 2.19. The van der Waals surface area contributed by atoms with Gasteiger partial charge in [0.05, 0.1) is 17.7 Å². The molecule has 0 amide bonds. The van der Waals surface area contributed by atoms with Crippen LogP contribution in [0.5, 0.6) is 0 Å². The lowest BCUT2D eigenvalue weighted by Crippen LogP contribution is -2.11. The average Bonchev–Trinajstić information content (AvgIpc) is 2.47. The van der Waals surface area contributed by atoms with Crippen LogP contribution < -0.4 is 11.2 Å². The Morgan fingerprint density at radius 1 is 1.29 bits per heavy atom. The minimum Gasteiger partial charge on any atom is -0.460 e. The first kappa shape index (κ1) is 15.1. The minimum absolute atomic E-state index is 0.110. The van der Waals surface area contributed by atoms with Gasteiger partial charge >= 0.3 is 5.97 Å². The molecule has 0 fully saturated rings. The topological polar surface area (TPSA) is 82.5 Å². The van der Waals surface area contributed by atoms with E-state index in [4.69, 9.17) is 14.9 Å². The average molecular weight is 289 g/mol. The van der Waals surface area contributed by atoms with Crippen LogP contribution in [0.4, 0.5) is 5.69 Å². The number of rotatable bonds is 6. The lowest BCUT2D eigenvalue weighted by atomic mass is 10.2. The van der Waals surface area contributed by atoms with Gasteiger partial charge in [-0.3, -0.25) is 4.79 Å². The first-order valence-electron chi connectivity index (χ1n) is 7.13. The maximum Gasteiger partial charge on any atom is 0.374 e. The fourth-order valence-electron chi connectivity index (χ4n) is 2.06. The highest BCUT2D eigenvalue weighted by atomic mass is 16.5. The van der Waals surface area contributed by atoms with Crippen molar-refractivity contribution in [2.75, 3.05) is 12.3 Å². The summed E-state index contributed by atoms with van der Waals surface area (Å²) >= 11 is 0. The number of hydrogen-bond donors (Lipinski definition) is 1. The van der Waals surface area contributed by atoms with E-state index >= 15 is 0 Å². The smallest absolute Gasteiger partial charge is 0.374 e. The second kappa shape index (κ2) is 6.92. The van der Waals surface area contributed by atoms with E-state index in [2.05, 4.69) is 6.92 Å². The number of carbonyl (C=O) groups excluding carboxylic acids is 1. The zero-order chi connectivity index (χ0) is 15.2. The summed E-state index contributed by atoms with van der Waals surface area (Å²) in [6, 6.07) is 6.04. The number of carbonyl (C=O) groups is 1. The Bertz CT molecular complexity index is 690. The quantitative estimate of drug-likeness (QED) is 0.502. The summed E-state index contributed by atoms with van der Waals surface area (Å²) in [5.74, 6) is -0.741. The van der Waals surface area contributed by atoms with Crippen molar-refractivity contribution < 1.29 is 13.9 Å². The minimum atomic E-state index is -0.631. The summed E-state index contributed by atoms with van der Waals surface area (Å²) in [4.78, 5) is 23.8. The normalized spacial score (nSPS) is 10.7. The van der Waals surface area contributed by atoms with E-state index < -0.39 is 5.97 Å². The summed E-state index contributed by atoms with van der Waals surface area (Å²) in [5, 5.41) is 0.356. The molecule has 0 atom stereocenters. The third-order valence-corrected chi connectivity index (χ3v) is 3.22. The Morgan fingerprint density at radius 3 is 2.86 bits per heavy atom. The van der Waals surface area contributed by atoms with E-state index in [9.17, 15) is 9.59 Å². The van der Waals surface area contributed by atoms with Crippen LogP contribution in [-0.4, -0.2) is 12.6 Å². The molecule has 0 saturated carbocycles. The Kier molecular flexibility index (Phi) is 4.98. The summed E-state index contributed by atoms with van der Waals surface area (Å²) < 4.78 is 10.5. The van der Waals surface area contributed by atoms with Gasteiger partial charge in [0.1, 0.15) is 0 Å². The molecule has 1 aromatic carbocycles. The number of nitrogens with two attached hydrogens (primary N) is 1. The van der Waals surface area contributed by atoms with Gasteiger partial charge in [-0.25, -0.2) is 4.79 Å². The molecule has 5 nitrogen and oxygen atoms in total. The van der Waals surface area contributed by atoms with Crippen molar-refractivity contribution in [3.63, 3.8) is 0 Å². The van der Waals surface area contributed by atoms with Gasteiger partial charge in [0.15, 0.2) is 11.0 Å². The van der Waals surface area contributed by atoms with Crippen molar-refractivity contribution in [1.29, 1.82) is 0 Å². The molecule has 1 aromatic heterocycles. The summed E-state index contributed by atoms with van der Waals surface area (Å²) in [6.07, 6.45) is 4.05. The molecule has 2 aromatic rings. The largest absolute Gasteiger partial charge is 0.460 e. The lowest BCUT2D eigenvalue weighted by molar-refractivity contribution is 0.0462. The van der Waals surface area contributed by atoms with Gasteiger partial charge in [-0.1, -0.05) is 32.3 Å². The molecule has 0 aliphatic heterocycles. The van der Waals surface area contributed by atoms with Gasteiger partial charge in [0.2, 0.25) is 5.76 Å². The monoisotopic (exact) mass is 289 g/mol. The van der Waals surface area contributed by atoms with Crippen LogP contribution in [0.15, 0.2) is 33.5 Å². The molecular formula is C16H19NO4. The molecule has 1 heterocycles. The number of para-hydroxylation sites is 1. The molecule has 0 aliphatic carbocycles. The van der Waals surface area contributed by atoms with Gasteiger partial charge in [-0.2, -0.15) is 0 Å². The number of benzene rings is 1. The van der Waals surface area contributed by atoms with Gasteiger partial charge in [0.25, 0.3) is 0 Å². The van der Waals surface area contributed by atoms with Crippen LogP contribution in [0.3, 0.4) is 0 Å². The maximum absolute atomic E-state index is 11.9. The van der Waals surface area contributed by atoms with Crippen molar-refractivity contribution in [3.8, 4) is 0 Å². The van der Waals surface area contributed by atoms with E-state index in [1.165, 1.54) is 0 Å². The zero-order valence-electron chi connectivity index (χ0n) is 12.1. The van der Waals surface area contributed by atoms with Gasteiger partial charge in [-0.05, 0) is 18.6 Å². The highest BCUT2D eigenvalue weighted by Gasteiger charge is 2.14. The summed E-state index contributed by atoms with van der Waals surface area (Å²) in [7, 11) is 0. The lowest BCUT2D eigenvalue weighted by Gasteiger charge is -2.06. The van der Waals surface area contributed by atoms with Gasteiger partial charge < -0.3 is 14.9 Å². The third-order valence-electron chi connectivity index (χ3n) is 3.22. The second-order valence-corrected chi connectivity index (χ2v) is 4.90. The number of nitrogen functional groups attached to an aromatic ring is 1. The SMILES string of the molecule is CCCCCCOC(=O)c1cc(=O)c2cccc(N)c2o1. The summed E-state index contributed by atoms with van der Waals surface area (Å²) in [6.45, 7) is 2.44. The number of esters is 1. The molecule has 0 spiro atoms. The van der Waals surface area contributed by atoms with Crippen molar-refractivity contribution in [2.24, 2.45) is 0 Å². The molecule has 21 heavy (non-hydrogen) atoms. The predicted octanol–water partition coefficient (Wildman–Crippen LogP) is 3.11. The number of unbranched alkanes of at least 4 members (excludes halogenated alkanes) is 3. The van der Waals surface area contributed by atoms with Crippen molar-refractivity contribution >= 4 is 22.6 Å². The third kappa shape index (κ3) is 3.62. The van der Waals surface area contributed by atoms with E-state index in [1.54, 1.807) is 18.2 Å². The maximum atomic E-state index is 11.9. The van der Waals surface area contributed by atoms with Crippen LogP contribution in [0.25, 0.3) is 11.0 Å². The summed E-state index contributed by atoms with van der Waals surface area (Å²) in [5.41, 5.74) is 6.01. The molecule has 0 aliphatic rings. The molecule has 0 radical (unpaired) electrons. The van der Waals surface area contributed by atoms with Crippen molar-refractivity contribution in [2.45, 2.75) is 32.6 Å². The molecule has 0 unspecified atom stereocenters. The number of hydrogen-bond acceptors (Lipinski definition) is 5. The van der Waals surface area contributed by atoms with Crippen LogP contribution in [0, 0.1) is 0 Å². The van der Waals surface area contributed by atoms with E-state index in [1.807, 2.05) is 0 Å². The van der Waals surface area contributed by atoms with Crippen LogP contribution in [0.2, 0.25) is 0 Å². The molecule has 112 valence electrons. The number of ether oxygens (including phenoxy) is 1. The Morgan fingerprint density at radius 2 is 2.10 bits per heavy atom. The van der Waals surface area contributed by atoms with Gasteiger partial charge in [-0.15, -0.1) is 0 Å².